The van der Waals surface area contributed by atoms with Crippen LogP contribution in [0.1, 0.15) is 34.8 Å². The second-order valence-corrected chi connectivity index (χ2v) is 3.92. The van der Waals surface area contributed by atoms with Gasteiger partial charge < -0.3 is 16.8 Å². The van der Waals surface area contributed by atoms with Crippen LogP contribution in [0.4, 0.5) is 5.95 Å². The Morgan fingerprint density at radius 1 is 1.44 bits per heavy atom. The van der Waals surface area contributed by atoms with Crippen LogP contribution in [0.15, 0.2) is 6.20 Å². The number of nitrogens with two attached hydrogens (primary N) is 2. The first-order valence-corrected chi connectivity index (χ1v) is 5.31. The maximum absolute atomic E-state index is 11.3. The Hall–Kier alpha value is -1.69. The fourth-order valence-electron chi connectivity index (χ4n) is 2.03. The molecule has 0 saturated carbocycles. The van der Waals surface area contributed by atoms with E-state index in [2.05, 4.69) is 15.3 Å². The number of hydrogen-bond donors (Lipinski definition) is 3. The van der Waals surface area contributed by atoms with Crippen molar-refractivity contribution in [1.29, 1.82) is 0 Å². The SMILES string of the molecule is NC(=O)c1nc(N)ncc1C1CCNCC1. The number of nitrogen functional groups attached to an aromatic ring is 1. The van der Waals surface area contributed by atoms with Gasteiger partial charge in [0, 0.05) is 11.8 Å². The van der Waals surface area contributed by atoms with Crippen LogP contribution in [0.25, 0.3) is 0 Å². The van der Waals surface area contributed by atoms with Gasteiger partial charge in [0.15, 0.2) is 0 Å². The molecule has 1 aliphatic heterocycles. The Labute approximate surface area is 93.4 Å². The first-order valence-electron chi connectivity index (χ1n) is 5.31. The van der Waals surface area contributed by atoms with Gasteiger partial charge in [-0.3, -0.25) is 4.79 Å². The molecule has 6 nitrogen and oxygen atoms in total. The summed E-state index contributed by atoms with van der Waals surface area (Å²) in [5, 5.41) is 3.26. The maximum atomic E-state index is 11.3. The van der Waals surface area contributed by atoms with Crippen LogP contribution in [0.2, 0.25) is 0 Å². The lowest BCUT2D eigenvalue weighted by Crippen LogP contribution is -2.28. The molecule has 0 radical (unpaired) electrons. The summed E-state index contributed by atoms with van der Waals surface area (Å²) in [5.74, 6) is -0.154. The molecule has 2 rings (SSSR count). The average molecular weight is 221 g/mol. The summed E-state index contributed by atoms with van der Waals surface area (Å²) < 4.78 is 0. The molecule has 1 amide bonds. The van der Waals surface area contributed by atoms with Crippen molar-refractivity contribution in [2.75, 3.05) is 18.8 Å². The van der Waals surface area contributed by atoms with Gasteiger partial charge in [0.2, 0.25) is 5.95 Å². The molecule has 1 saturated heterocycles. The van der Waals surface area contributed by atoms with E-state index in [1.165, 1.54) is 0 Å². The zero-order valence-corrected chi connectivity index (χ0v) is 8.94. The molecule has 16 heavy (non-hydrogen) atoms. The monoisotopic (exact) mass is 221 g/mol. The van der Waals surface area contributed by atoms with Gasteiger partial charge in [0.05, 0.1) is 0 Å². The van der Waals surface area contributed by atoms with Crippen LogP contribution in [-0.4, -0.2) is 29.0 Å². The molecule has 0 aromatic carbocycles. The van der Waals surface area contributed by atoms with Gasteiger partial charge in [-0.25, -0.2) is 9.97 Å². The fourth-order valence-corrected chi connectivity index (χ4v) is 2.03. The number of carbonyl (C=O) groups is 1. The third-order valence-electron chi connectivity index (χ3n) is 2.85. The number of rotatable bonds is 2. The van der Waals surface area contributed by atoms with E-state index >= 15 is 0 Å². The fraction of sp³-hybridized carbons (Fsp3) is 0.500. The summed E-state index contributed by atoms with van der Waals surface area (Å²) in [6, 6.07) is 0. The predicted octanol–water partition coefficient (Wildman–Crippen LogP) is -0.375. The molecule has 0 spiro atoms. The molecule has 2 heterocycles. The molecule has 86 valence electrons. The lowest BCUT2D eigenvalue weighted by Gasteiger charge is -2.23. The minimum absolute atomic E-state index is 0.0893. The highest BCUT2D eigenvalue weighted by Crippen LogP contribution is 2.26. The average Bonchev–Trinajstić information content (AvgIpc) is 2.30. The predicted molar refractivity (Wildman–Crippen MR) is 59.8 cm³/mol. The van der Waals surface area contributed by atoms with Crippen LogP contribution in [0, 0.1) is 0 Å². The van der Waals surface area contributed by atoms with E-state index in [1.807, 2.05) is 0 Å². The number of anilines is 1. The number of carbonyl (C=O) groups excluding carboxylic acids is 1. The smallest absolute Gasteiger partial charge is 0.267 e. The highest BCUT2D eigenvalue weighted by molar-refractivity contribution is 5.92. The van der Waals surface area contributed by atoms with Gasteiger partial charge >= 0.3 is 0 Å². The Kier molecular flexibility index (Phi) is 3.00. The number of amides is 1. The topological polar surface area (TPSA) is 107 Å². The summed E-state index contributed by atoms with van der Waals surface area (Å²) in [5.41, 5.74) is 11.8. The molecular weight excluding hydrogens is 206 g/mol. The summed E-state index contributed by atoms with van der Waals surface area (Å²) in [6.07, 6.45) is 3.56. The van der Waals surface area contributed by atoms with Gasteiger partial charge in [0.25, 0.3) is 5.91 Å². The lowest BCUT2D eigenvalue weighted by atomic mass is 9.90. The normalized spacial score (nSPS) is 17.2. The van der Waals surface area contributed by atoms with E-state index in [4.69, 9.17) is 11.5 Å². The maximum Gasteiger partial charge on any atom is 0.267 e. The second-order valence-electron chi connectivity index (χ2n) is 3.92. The van der Waals surface area contributed by atoms with Crippen LogP contribution < -0.4 is 16.8 Å². The van der Waals surface area contributed by atoms with Crippen LogP contribution in [-0.2, 0) is 0 Å². The first kappa shape index (κ1) is 10.8. The molecule has 0 bridgehead atoms. The molecular formula is C10H15N5O. The highest BCUT2D eigenvalue weighted by Gasteiger charge is 2.22. The van der Waals surface area contributed by atoms with E-state index < -0.39 is 5.91 Å². The summed E-state index contributed by atoms with van der Waals surface area (Å²) in [6.45, 7) is 1.88. The molecule has 1 aromatic heterocycles. The van der Waals surface area contributed by atoms with Crippen LogP contribution in [0.3, 0.4) is 0 Å². The number of nitrogens with one attached hydrogen (secondary N) is 1. The Bertz CT molecular complexity index is 400. The van der Waals surface area contributed by atoms with Crippen molar-refractivity contribution in [1.82, 2.24) is 15.3 Å². The zero-order valence-electron chi connectivity index (χ0n) is 8.94. The number of aromatic nitrogens is 2. The van der Waals surface area contributed by atoms with Crippen molar-refractivity contribution in [3.63, 3.8) is 0 Å². The third kappa shape index (κ3) is 2.11. The molecule has 0 unspecified atom stereocenters. The van der Waals surface area contributed by atoms with Crippen LogP contribution in [0.5, 0.6) is 0 Å². The standard InChI is InChI=1S/C10H15N5O/c11-9(16)8-7(5-14-10(12)15-8)6-1-3-13-4-2-6/h5-6,13H,1-4H2,(H2,11,16)(H2,12,14,15). The van der Waals surface area contributed by atoms with Gasteiger partial charge in [-0.05, 0) is 31.8 Å². The van der Waals surface area contributed by atoms with E-state index in [1.54, 1.807) is 6.20 Å². The van der Waals surface area contributed by atoms with Gasteiger partial charge in [-0.1, -0.05) is 0 Å². The quantitative estimate of drug-likeness (QED) is 0.631. The molecule has 1 aliphatic rings. The van der Waals surface area contributed by atoms with Crippen molar-refractivity contribution in [3.05, 3.63) is 17.5 Å². The van der Waals surface area contributed by atoms with E-state index in [0.717, 1.165) is 31.5 Å². The number of piperidine rings is 1. The third-order valence-corrected chi connectivity index (χ3v) is 2.85. The van der Waals surface area contributed by atoms with Gasteiger partial charge in [-0.15, -0.1) is 0 Å². The van der Waals surface area contributed by atoms with Crippen molar-refractivity contribution < 1.29 is 4.79 Å². The lowest BCUT2D eigenvalue weighted by molar-refractivity contribution is 0.0993. The van der Waals surface area contributed by atoms with Crippen molar-refractivity contribution in [2.45, 2.75) is 18.8 Å². The van der Waals surface area contributed by atoms with E-state index in [-0.39, 0.29) is 11.6 Å². The summed E-state index contributed by atoms with van der Waals surface area (Å²) in [4.78, 5) is 19.1. The summed E-state index contributed by atoms with van der Waals surface area (Å²) >= 11 is 0. The summed E-state index contributed by atoms with van der Waals surface area (Å²) in [7, 11) is 0. The first-order chi connectivity index (χ1) is 7.68. The number of hydrogen-bond acceptors (Lipinski definition) is 5. The highest BCUT2D eigenvalue weighted by atomic mass is 16.1. The molecule has 5 N–H and O–H groups in total. The molecule has 1 aromatic rings. The Morgan fingerprint density at radius 3 is 2.75 bits per heavy atom. The molecule has 0 aliphatic carbocycles. The molecule has 0 atom stereocenters. The Balaban J connectivity index is 2.34. The molecule has 6 heteroatoms. The second kappa shape index (κ2) is 4.44. The van der Waals surface area contributed by atoms with Crippen molar-refractivity contribution in [2.24, 2.45) is 5.73 Å². The zero-order chi connectivity index (χ0) is 11.5. The van der Waals surface area contributed by atoms with Crippen LogP contribution >= 0.6 is 0 Å². The number of nitrogens with zero attached hydrogens (tertiary/aromatic N) is 2. The number of primary amides is 1. The van der Waals surface area contributed by atoms with Crippen molar-refractivity contribution >= 4 is 11.9 Å². The van der Waals surface area contributed by atoms with E-state index in [0.29, 0.717) is 5.92 Å². The Morgan fingerprint density at radius 2 is 2.12 bits per heavy atom. The minimum Gasteiger partial charge on any atom is -0.368 e. The van der Waals surface area contributed by atoms with Gasteiger partial charge in [0.1, 0.15) is 5.69 Å². The largest absolute Gasteiger partial charge is 0.368 e. The van der Waals surface area contributed by atoms with E-state index in [9.17, 15) is 4.79 Å². The molecule has 1 fully saturated rings. The van der Waals surface area contributed by atoms with Crippen molar-refractivity contribution in [3.8, 4) is 0 Å². The minimum atomic E-state index is -0.539. The van der Waals surface area contributed by atoms with Gasteiger partial charge in [-0.2, -0.15) is 0 Å².